The maximum absolute atomic E-state index is 4.81. The highest BCUT2D eigenvalue weighted by molar-refractivity contribution is 9.10. The first-order valence-electron chi connectivity index (χ1n) is 9.00. The van der Waals surface area contributed by atoms with E-state index in [4.69, 9.17) is 4.98 Å². The summed E-state index contributed by atoms with van der Waals surface area (Å²) >= 11 is 3.58. The molecule has 134 valence electrons. The van der Waals surface area contributed by atoms with Gasteiger partial charge in [-0.3, -0.25) is 9.88 Å². The minimum absolute atomic E-state index is 0.701. The normalized spacial score (nSPS) is 14.4. The number of fused-ring (bicyclic) bond motifs is 2. The number of hydrogen-bond donors (Lipinski definition) is 1. The van der Waals surface area contributed by atoms with Crippen LogP contribution in [-0.2, 0) is 19.5 Å². The van der Waals surface area contributed by atoms with Gasteiger partial charge in [-0.2, -0.15) is 0 Å². The molecule has 1 aliphatic rings. The first kappa shape index (κ1) is 16.6. The van der Waals surface area contributed by atoms with Crippen LogP contribution in [-0.4, -0.2) is 31.4 Å². The van der Waals surface area contributed by atoms with Crippen molar-refractivity contribution >= 4 is 26.8 Å². The number of hydrogen-bond acceptors (Lipinski definition) is 4. The molecular formula is C21H18BrN5. The molecule has 0 aliphatic carbocycles. The second-order valence-electron chi connectivity index (χ2n) is 6.84. The Morgan fingerprint density at radius 1 is 1.15 bits per heavy atom. The van der Waals surface area contributed by atoms with E-state index in [9.17, 15) is 0 Å². The van der Waals surface area contributed by atoms with Gasteiger partial charge in [0.15, 0.2) is 5.82 Å². The van der Waals surface area contributed by atoms with Crippen molar-refractivity contribution < 1.29 is 0 Å². The van der Waals surface area contributed by atoms with Crippen molar-refractivity contribution in [3.8, 4) is 11.5 Å². The average Bonchev–Trinajstić information content (AvgIpc) is 3.10. The predicted molar refractivity (Wildman–Crippen MR) is 109 cm³/mol. The van der Waals surface area contributed by atoms with E-state index in [1.54, 1.807) is 6.20 Å². The molecule has 0 unspecified atom stereocenters. The zero-order chi connectivity index (χ0) is 18.2. The Morgan fingerprint density at radius 3 is 3.00 bits per heavy atom. The summed E-state index contributed by atoms with van der Waals surface area (Å²) in [6.45, 7) is 2.75. The molecule has 1 aliphatic heterocycles. The largest absolute Gasteiger partial charge is 0.361 e. The number of aromatic amines is 1. The van der Waals surface area contributed by atoms with Gasteiger partial charge in [-0.1, -0.05) is 22.0 Å². The van der Waals surface area contributed by atoms with Crippen LogP contribution in [0.5, 0.6) is 0 Å². The van der Waals surface area contributed by atoms with Gasteiger partial charge >= 0.3 is 0 Å². The van der Waals surface area contributed by atoms with Crippen LogP contribution in [0.2, 0.25) is 0 Å². The van der Waals surface area contributed by atoms with Gasteiger partial charge in [-0.25, -0.2) is 9.97 Å². The number of nitrogens with one attached hydrogen (secondary N) is 1. The quantitative estimate of drug-likeness (QED) is 0.536. The molecule has 0 saturated heterocycles. The van der Waals surface area contributed by atoms with Gasteiger partial charge in [0.05, 0.1) is 5.69 Å². The summed E-state index contributed by atoms with van der Waals surface area (Å²) in [5, 5.41) is 1.27. The molecule has 5 nitrogen and oxygen atoms in total. The van der Waals surface area contributed by atoms with Crippen LogP contribution in [0.15, 0.2) is 59.5 Å². The molecule has 27 heavy (non-hydrogen) atoms. The van der Waals surface area contributed by atoms with E-state index in [1.807, 2.05) is 24.4 Å². The minimum atomic E-state index is 0.701. The SMILES string of the molecule is Brc1ccc2[nH]cc(CN3CCc4cnc(-c5ccccn5)nc4C3)c2c1. The first-order chi connectivity index (χ1) is 13.3. The Labute approximate surface area is 165 Å². The van der Waals surface area contributed by atoms with E-state index < -0.39 is 0 Å². The highest BCUT2D eigenvalue weighted by Crippen LogP contribution is 2.26. The van der Waals surface area contributed by atoms with Gasteiger partial charge in [-0.05, 0) is 47.9 Å². The van der Waals surface area contributed by atoms with E-state index in [1.165, 1.54) is 22.0 Å². The molecule has 5 rings (SSSR count). The topological polar surface area (TPSA) is 57.7 Å². The van der Waals surface area contributed by atoms with Gasteiger partial charge in [-0.15, -0.1) is 0 Å². The lowest BCUT2D eigenvalue weighted by molar-refractivity contribution is 0.242. The molecular weight excluding hydrogens is 402 g/mol. The third-order valence-corrected chi connectivity index (χ3v) is 5.54. The van der Waals surface area contributed by atoms with Crippen molar-refractivity contribution in [3.05, 3.63) is 76.3 Å². The van der Waals surface area contributed by atoms with Crippen molar-refractivity contribution in [1.82, 2.24) is 24.8 Å². The van der Waals surface area contributed by atoms with Crippen molar-refractivity contribution in [3.63, 3.8) is 0 Å². The average molecular weight is 420 g/mol. The lowest BCUT2D eigenvalue weighted by Crippen LogP contribution is -2.31. The Kier molecular flexibility index (Phi) is 4.22. The smallest absolute Gasteiger partial charge is 0.178 e. The Bertz CT molecular complexity index is 1110. The summed E-state index contributed by atoms with van der Waals surface area (Å²) in [5.41, 5.74) is 5.66. The molecule has 0 fully saturated rings. The number of pyridine rings is 1. The Morgan fingerprint density at radius 2 is 2.11 bits per heavy atom. The number of aromatic nitrogens is 4. The second-order valence-corrected chi connectivity index (χ2v) is 7.76. The summed E-state index contributed by atoms with van der Waals surface area (Å²) in [5.74, 6) is 0.701. The monoisotopic (exact) mass is 419 g/mol. The number of nitrogens with zero attached hydrogens (tertiary/aromatic N) is 4. The molecule has 1 aromatic carbocycles. The molecule has 4 aromatic rings. The number of H-pyrrole nitrogens is 1. The van der Waals surface area contributed by atoms with E-state index in [0.717, 1.165) is 41.9 Å². The standard InChI is InChI=1S/C21H18BrN5/c22-16-4-5-18-17(9-16)15(11-24-18)12-27-8-6-14-10-25-21(26-20(14)13-27)19-3-1-2-7-23-19/h1-5,7,9-11,24H,6,8,12-13H2. The van der Waals surface area contributed by atoms with Crippen LogP contribution >= 0.6 is 15.9 Å². The van der Waals surface area contributed by atoms with Gasteiger partial charge in [0.1, 0.15) is 5.69 Å². The molecule has 6 heteroatoms. The maximum atomic E-state index is 4.81. The van der Waals surface area contributed by atoms with Gasteiger partial charge < -0.3 is 4.98 Å². The first-order valence-corrected chi connectivity index (χ1v) is 9.79. The zero-order valence-electron chi connectivity index (χ0n) is 14.7. The van der Waals surface area contributed by atoms with Gasteiger partial charge in [0.25, 0.3) is 0 Å². The van der Waals surface area contributed by atoms with Crippen LogP contribution in [0.25, 0.3) is 22.4 Å². The number of benzene rings is 1. The molecule has 3 aromatic heterocycles. The van der Waals surface area contributed by atoms with E-state index >= 15 is 0 Å². The summed E-state index contributed by atoms with van der Waals surface area (Å²) in [7, 11) is 0. The van der Waals surface area contributed by atoms with Crippen LogP contribution in [0.4, 0.5) is 0 Å². The van der Waals surface area contributed by atoms with Crippen molar-refractivity contribution in [2.75, 3.05) is 6.54 Å². The summed E-state index contributed by atoms with van der Waals surface area (Å²) < 4.78 is 1.10. The number of halogens is 1. The highest BCUT2D eigenvalue weighted by Gasteiger charge is 2.20. The number of rotatable bonds is 3. The third-order valence-electron chi connectivity index (χ3n) is 5.04. The summed E-state index contributed by atoms with van der Waals surface area (Å²) in [4.78, 5) is 19.5. The summed E-state index contributed by atoms with van der Waals surface area (Å²) in [6, 6.07) is 12.2. The molecule has 4 heterocycles. The molecule has 0 bridgehead atoms. The fourth-order valence-electron chi connectivity index (χ4n) is 3.63. The van der Waals surface area contributed by atoms with Crippen LogP contribution < -0.4 is 0 Å². The van der Waals surface area contributed by atoms with Gasteiger partial charge in [0.2, 0.25) is 0 Å². The van der Waals surface area contributed by atoms with Crippen LogP contribution in [0.1, 0.15) is 16.8 Å². The highest BCUT2D eigenvalue weighted by atomic mass is 79.9. The maximum Gasteiger partial charge on any atom is 0.178 e. The minimum Gasteiger partial charge on any atom is -0.361 e. The molecule has 0 radical (unpaired) electrons. The Balaban J connectivity index is 1.41. The van der Waals surface area contributed by atoms with Crippen LogP contribution in [0, 0.1) is 0 Å². The molecule has 0 spiro atoms. The lowest BCUT2D eigenvalue weighted by atomic mass is 10.1. The summed E-state index contributed by atoms with van der Waals surface area (Å²) in [6.07, 6.45) is 6.84. The van der Waals surface area contributed by atoms with Crippen molar-refractivity contribution in [1.29, 1.82) is 0 Å². The molecule has 0 saturated carbocycles. The van der Waals surface area contributed by atoms with Crippen molar-refractivity contribution in [2.24, 2.45) is 0 Å². The van der Waals surface area contributed by atoms with E-state index in [2.05, 4.69) is 60.2 Å². The molecule has 1 N–H and O–H groups in total. The Hall–Kier alpha value is -2.57. The fraction of sp³-hybridized carbons (Fsp3) is 0.190. The molecule has 0 atom stereocenters. The second kappa shape index (κ2) is 6.87. The third kappa shape index (κ3) is 3.26. The zero-order valence-corrected chi connectivity index (χ0v) is 16.3. The van der Waals surface area contributed by atoms with Crippen LogP contribution in [0.3, 0.4) is 0 Å². The van der Waals surface area contributed by atoms with Gasteiger partial charge in [0, 0.05) is 53.6 Å². The predicted octanol–water partition coefficient (Wildman–Crippen LogP) is 4.34. The van der Waals surface area contributed by atoms with E-state index in [-0.39, 0.29) is 0 Å². The fourth-order valence-corrected chi connectivity index (χ4v) is 3.99. The lowest BCUT2D eigenvalue weighted by Gasteiger charge is -2.27. The molecule has 0 amide bonds. The van der Waals surface area contributed by atoms with E-state index in [0.29, 0.717) is 5.82 Å². The van der Waals surface area contributed by atoms with Crippen molar-refractivity contribution in [2.45, 2.75) is 19.5 Å².